The zero-order valence-corrected chi connectivity index (χ0v) is 12.1. The van der Waals surface area contributed by atoms with E-state index in [1.54, 1.807) is 0 Å². The molecule has 0 aliphatic carbocycles. The molecule has 1 aromatic rings. The molecule has 2 atom stereocenters. The number of hydrogen-bond donors (Lipinski definition) is 1. The fourth-order valence-corrected chi connectivity index (χ4v) is 4.34. The molecule has 5 nitrogen and oxygen atoms in total. The third kappa shape index (κ3) is 2.91. The summed E-state index contributed by atoms with van der Waals surface area (Å²) in [5.74, 6) is -3.97. The SMILES string of the molecule is C[C@@H]1[C@H](C(=O)O)CCCN1S(=O)(=O)c1ccc(F)cc1F. The minimum absolute atomic E-state index is 0.115. The highest BCUT2D eigenvalue weighted by Crippen LogP contribution is 2.30. The Balaban J connectivity index is 2.41. The van der Waals surface area contributed by atoms with Gasteiger partial charge in [-0.3, -0.25) is 4.79 Å². The third-order valence-corrected chi connectivity index (χ3v) is 5.75. The van der Waals surface area contributed by atoms with Crippen molar-refractivity contribution in [2.45, 2.75) is 30.7 Å². The van der Waals surface area contributed by atoms with Crippen molar-refractivity contribution in [3.8, 4) is 0 Å². The molecule has 1 aromatic carbocycles. The smallest absolute Gasteiger partial charge is 0.308 e. The van der Waals surface area contributed by atoms with Gasteiger partial charge in [0.25, 0.3) is 0 Å². The Morgan fingerprint density at radius 1 is 1.38 bits per heavy atom. The lowest BCUT2D eigenvalue weighted by atomic mass is 9.92. The van der Waals surface area contributed by atoms with Gasteiger partial charge >= 0.3 is 5.97 Å². The molecule has 1 N–H and O–H groups in total. The lowest BCUT2D eigenvalue weighted by Crippen LogP contribution is -2.49. The van der Waals surface area contributed by atoms with E-state index in [2.05, 4.69) is 0 Å². The molecule has 21 heavy (non-hydrogen) atoms. The number of carboxylic acids is 1. The van der Waals surface area contributed by atoms with E-state index in [1.807, 2.05) is 0 Å². The van der Waals surface area contributed by atoms with Crippen molar-refractivity contribution in [2.75, 3.05) is 6.54 Å². The van der Waals surface area contributed by atoms with Gasteiger partial charge in [0.05, 0.1) is 5.92 Å². The first-order valence-electron chi connectivity index (χ1n) is 6.45. The van der Waals surface area contributed by atoms with E-state index in [9.17, 15) is 22.0 Å². The quantitative estimate of drug-likeness (QED) is 0.922. The van der Waals surface area contributed by atoms with Gasteiger partial charge in [-0.05, 0) is 31.9 Å². The fraction of sp³-hybridized carbons (Fsp3) is 0.462. The molecule has 0 saturated carbocycles. The zero-order chi connectivity index (χ0) is 15.8. The van der Waals surface area contributed by atoms with E-state index in [0.29, 0.717) is 18.9 Å². The predicted octanol–water partition coefficient (Wildman–Crippen LogP) is 1.84. The number of benzene rings is 1. The molecule has 0 radical (unpaired) electrons. The van der Waals surface area contributed by atoms with Gasteiger partial charge in [-0.15, -0.1) is 0 Å². The summed E-state index contributed by atoms with van der Waals surface area (Å²) in [5, 5.41) is 9.11. The zero-order valence-electron chi connectivity index (χ0n) is 11.3. The van der Waals surface area contributed by atoms with Crippen molar-refractivity contribution < 1.29 is 27.1 Å². The van der Waals surface area contributed by atoms with Crippen LogP contribution in [0.3, 0.4) is 0 Å². The average molecular weight is 319 g/mol. The Labute approximate surface area is 121 Å². The maximum Gasteiger partial charge on any atom is 0.308 e. The Morgan fingerprint density at radius 2 is 2.05 bits per heavy atom. The summed E-state index contributed by atoms with van der Waals surface area (Å²) in [4.78, 5) is 10.5. The molecule has 1 aliphatic rings. The molecule has 0 aromatic heterocycles. The van der Waals surface area contributed by atoms with Crippen LogP contribution in [0.25, 0.3) is 0 Å². The first-order chi connectivity index (χ1) is 9.75. The Kier molecular flexibility index (Phi) is 4.29. The minimum Gasteiger partial charge on any atom is -0.481 e. The first-order valence-corrected chi connectivity index (χ1v) is 7.89. The van der Waals surface area contributed by atoms with Crippen molar-refractivity contribution in [1.29, 1.82) is 0 Å². The normalized spacial score (nSPS) is 24.0. The lowest BCUT2D eigenvalue weighted by molar-refractivity contribution is -0.144. The molecule has 116 valence electrons. The number of rotatable bonds is 3. The molecule has 8 heteroatoms. The van der Waals surface area contributed by atoms with Crippen LogP contribution in [0.1, 0.15) is 19.8 Å². The van der Waals surface area contributed by atoms with Crippen molar-refractivity contribution >= 4 is 16.0 Å². The van der Waals surface area contributed by atoms with Gasteiger partial charge in [-0.1, -0.05) is 0 Å². The van der Waals surface area contributed by atoms with Gasteiger partial charge in [-0.2, -0.15) is 4.31 Å². The monoisotopic (exact) mass is 319 g/mol. The number of nitrogens with zero attached hydrogens (tertiary/aromatic N) is 1. The number of hydrogen-bond acceptors (Lipinski definition) is 3. The number of piperidine rings is 1. The standard InChI is InChI=1S/C13H15F2NO4S/c1-8-10(13(17)18)3-2-6-16(8)21(19,20)12-5-4-9(14)7-11(12)15/h4-5,7-8,10H,2-3,6H2,1H3,(H,17,18)/t8-,10-/m1/s1. The molecule has 0 bridgehead atoms. The lowest BCUT2D eigenvalue weighted by Gasteiger charge is -2.36. The second kappa shape index (κ2) is 5.69. The van der Waals surface area contributed by atoms with Gasteiger partial charge in [0.1, 0.15) is 16.5 Å². The molecule has 1 aliphatic heterocycles. The summed E-state index contributed by atoms with van der Waals surface area (Å²) >= 11 is 0. The van der Waals surface area contributed by atoms with Crippen molar-refractivity contribution in [2.24, 2.45) is 5.92 Å². The maximum atomic E-state index is 13.7. The molecule has 1 heterocycles. The van der Waals surface area contributed by atoms with Crippen LogP contribution in [-0.2, 0) is 14.8 Å². The van der Waals surface area contributed by atoms with Crippen LogP contribution < -0.4 is 0 Å². The van der Waals surface area contributed by atoms with Crippen molar-refractivity contribution in [3.63, 3.8) is 0 Å². The van der Waals surface area contributed by atoms with Crippen molar-refractivity contribution in [3.05, 3.63) is 29.8 Å². The highest BCUT2D eigenvalue weighted by atomic mass is 32.2. The number of carboxylic acid groups (broad SMARTS) is 1. The summed E-state index contributed by atoms with van der Waals surface area (Å²) in [6.45, 7) is 1.60. The molecule has 1 fully saturated rings. The van der Waals surface area contributed by atoms with Gasteiger partial charge in [-0.25, -0.2) is 17.2 Å². The molecular formula is C13H15F2NO4S. The largest absolute Gasteiger partial charge is 0.481 e. The first kappa shape index (κ1) is 15.8. The van der Waals surface area contributed by atoms with E-state index in [1.165, 1.54) is 6.92 Å². The van der Waals surface area contributed by atoms with Gasteiger partial charge in [0.2, 0.25) is 10.0 Å². The van der Waals surface area contributed by atoms with E-state index in [-0.39, 0.29) is 6.54 Å². The van der Waals surface area contributed by atoms with Gasteiger partial charge in [0, 0.05) is 18.7 Å². The van der Waals surface area contributed by atoms with Crippen LogP contribution in [0.2, 0.25) is 0 Å². The predicted molar refractivity (Wildman–Crippen MR) is 70.1 cm³/mol. The fourth-order valence-electron chi connectivity index (χ4n) is 2.59. The molecule has 0 unspecified atom stereocenters. The number of carbonyl (C=O) groups is 1. The average Bonchev–Trinajstić information content (AvgIpc) is 2.37. The van der Waals surface area contributed by atoms with Crippen LogP contribution in [0.5, 0.6) is 0 Å². The Bertz CT molecular complexity index is 662. The Hall–Kier alpha value is -1.54. The third-order valence-electron chi connectivity index (χ3n) is 3.73. The molecule has 2 rings (SSSR count). The highest BCUT2D eigenvalue weighted by Gasteiger charge is 2.40. The molecular weight excluding hydrogens is 304 g/mol. The van der Waals surface area contributed by atoms with Crippen LogP contribution in [0, 0.1) is 17.6 Å². The number of sulfonamides is 1. The van der Waals surface area contributed by atoms with Gasteiger partial charge in [0.15, 0.2) is 0 Å². The second-order valence-electron chi connectivity index (χ2n) is 5.02. The van der Waals surface area contributed by atoms with E-state index >= 15 is 0 Å². The van der Waals surface area contributed by atoms with Crippen molar-refractivity contribution in [1.82, 2.24) is 4.31 Å². The molecule has 0 spiro atoms. The highest BCUT2D eigenvalue weighted by molar-refractivity contribution is 7.89. The van der Waals surface area contributed by atoms with Crippen LogP contribution in [0.4, 0.5) is 8.78 Å². The number of halogens is 2. The van der Waals surface area contributed by atoms with Crippen LogP contribution >= 0.6 is 0 Å². The molecule has 1 saturated heterocycles. The minimum atomic E-state index is -4.20. The summed E-state index contributed by atoms with van der Waals surface area (Å²) in [6.07, 6.45) is 0.748. The van der Waals surface area contributed by atoms with Crippen LogP contribution in [0.15, 0.2) is 23.1 Å². The molecule has 0 amide bonds. The van der Waals surface area contributed by atoms with E-state index in [0.717, 1.165) is 16.4 Å². The van der Waals surface area contributed by atoms with Crippen LogP contribution in [-0.4, -0.2) is 36.4 Å². The Morgan fingerprint density at radius 3 is 2.62 bits per heavy atom. The summed E-state index contributed by atoms with van der Waals surface area (Å²) in [5.41, 5.74) is 0. The summed E-state index contributed by atoms with van der Waals surface area (Å²) in [7, 11) is -4.20. The van der Waals surface area contributed by atoms with E-state index in [4.69, 9.17) is 5.11 Å². The van der Waals surface area contributed by atoms with Gasteiger partial charge < -0.3 is 5.11 Å². The summed E-state index contributed by atoms with van der Waals surface area (Å²) in [6, 6.07) is 1.43. The maximum absolute atomic E-state index is 13.7. The summed E-state index contributed by atoms with van der Waals surface area (Å²) < 4.78 is 52.5. The topological polar surface area (TPSA) is 74.7 Å². The second-order valence-corrected chi connectivity index (χ2v) is 6.88. The van der Waals surface area contributed by atoms with E-state index < -0.39 is 44.5 Å². The number of aliphatic carboxylic acids is 1.